The van der Waals surface area contributed by atoms with Gasteiger partial charge in [-0.25, -0.2) is 0 Å². The fourth-order valence-electron chi connectivity index (χ4n) is 3.55. The Kier molecular flexibility index (Phi) is 3.65. The van der Waals surface area contributed by atoms with Crippen LogP contribution in [0.2, 0.25) is 0 Å². The first-order valence-corrected chi connectivity index (χ1v) is 8.47. The van der Waals surface area contributed by atoms with Crippen molar-refractivity contribution >= 4 is 22.9 Å². The molecule has 1 aliphatic carbocycles. The van der Waals surface area contributed by atoms with Crippen molar-refractivity contribution in [3.8, 4) is 0 Å². The molecule has 0 fully saturated rings. The van der Waals surface area contributed by atoms with Crippen molar-refractivity contribution in [1.29, 1.82) is 0 Å². The second-order valence-electron chi connectivity index (χ2n) is 6.47. The van der Waals surface area contributed by atoms with E-state index in [4.69, 9.17) is 4.74 Å². The van der Waals surface area contributed by atoms with Gasteiger partial charge < -0.3 is 4.74 Å². The summed E-state index contributed by atoms with van der Waals surface area (Å²) in [6, 6.07) is 14.1. The fourth-order valence-corrected chi connectivity index (χ4v) is 3.55. The minimum atomic E-state index is -0.444. The van der Waals surface area contributed by atoms with Crippen LogP contribution in [0.4, 0.5) is 0 Å². The van der Waals surface area contributed by atoms with Crippen molar-refractivity contribution < 1.29 is 14.3 Å². The number of hydrogen-bond donors (Lipinski definition) is 0. The summed E-state index contributed by atoms with van der Waals surface area (Å²) >= 11 is 0. The Hall–Kier alpha value is -2.94. The summed E-state index contributed by atoms with van der Waals surface area (Å²) < 4.78 is 5.72. The second-order valence-corrected chi connectivity index (χ2v) is 6.47. The van der Waals surface area contributed by atoms with Crippen molar-refractivity contribution in [3.63, 3.8) is 0 Å². The number of Topliss-reactive ketones (excluding diaryl/α,β-unsaturated/α-hetero) is 2. The minimum Gasteiger partial charge on any atom is -0.464 e. The maximum atomic E-state index is 12.7. The zero-order valence-electron chi connectivity index (χ0n) is 14.3. The lowest BCUT2D eigenvalue weighted by Gasteiger charge is -2.27. The monoisotopic (exact) mass is 330 g/mol. The lowest BCUT2D eigenvalue weighted by molar-refractivity contribution is -0.112. The fraction of sp³-hybridized carbons (Fsp3) is 0.182. The number of ketones is 2. The minimum absolute atomic E-state index is 0.426. The van der Waals surface area contributed by atoms with Crippen LogP contribution in [-0.2, 0) is 16.0 Å². The van der Waals surface area contributed by atoms with Crippen molar-refractivity contribution in [2.75, 3.05) is 0 Å². The molecule has 0 unspecified atom stereocenters. The van der Waals surface area contributed by atoms with Crippen LogP contribution in [0, 0.1) is 0 Å². The van der Waals surface area contributed by atoms with E-state index in [-0.39, 0.29) is 0 Å². The van der Waals surface area contributed by atoms with E-state index >= 15 is 0 Å². The Morgan fingerprint density at radius 1 is 0.920 bits per heavy atom. The standard InChI is InChI=1S/C22H18O3/c1-3-16-20(23)21(24)18-11-15(9-14-7-5-4-6-8-14)10-17-13(2)12-25-22(16)19(17)18/h4-8,10-12H,3,9H2,1-2H3. The molecule has 2 aromatic rings. The summed E-state index contributed by atoms with van der Waals surface area (Å²) in [5, 5.41) is 0. The van der Waals surface area contributed by atoms with E-state index < -0.39 is 11.6 Å². The van der Waals surface area contributed by atoms with Gasteiger partial charge in [0.25, 0.3) is 0 Å². The quantitative estimate of drug-likeness (QED) is 0.775. The molecule has 0 radical (unpaired) electrons. The smallest absolute Gasteiger partial charge is 0.234 e. The van der Waals surface area contributed by atoms with Crippen molar-refractivity contribution in [2.24, 2.45) is 0 Å². The van der Waals surface area contributed by atoms with Crippen LogP contribution in [0.1, 0.15) is 52.9 Å². The number of hydrogen-bond acceptors (Lipinski definition) is 3. The molecule has 1 heterocycles. The van der Waals surface area contributed by atoms with Gasteiger partial charge in [-0.3, -0.25) is 9.59 Å². The molecule has 1 aliphatic heterocycles. The van der Waals surface area contributed by atoms with Gasteiger partial charge in [0.05, 0.1) is 6.26 Å². The number of carbonyl (C=O) groups excluding carboxylic acids is 2. The molecule has 4 rings (SSSR count). The average Bonchev–Trinajstić information content (AvgIpc) is 2.63. The summed E-state index contributed by atoms with van der Waals surface area (Å²) in [4.78, 5) is 25.1. The van der Waals surface area contributed by atoms with Gasteiger partial charge in [0.1, 0.15) is 5.76 Å². The Balaban J connectivity index is 1.92. The third-order valence-electron chi connectivity index (χ3n) is 4.81. The largest absolute Gasteiger partial charge is 0.464 e. The number of rotatable bonds is 3. The van der Waals surface area contributed by atoms with Crippen molar-refractivity contribution in [3.05, 3.63) is 82.1 Å². The van der Waals surface area contributed by atoms with Crippen LogP contribution in [0.15, 0.2) is 54.3 Å². The Morgan fingerprint density at radius 2 is 1.64 bits per heavy atom. The molecule has 2 aliphatic rings. The number of ether oxygens (including phenoxy) is 1. The summed E-state index contributed by atoms with van der Waals surface area (Å²) in [6.45, 7) is 3.84. The third-order valence-corrected chi connectivity index (χ3v) is 4.81. The molecule has 0 aromatic heterocycles. The van der Waals surface area contributed by atoms with Crippen LogP contribution in [-0.4, -0.2) is 11.6 Å². The topological polar surface area (TPSA) is 43.4 Å². The second kappa shape index (κ2) is 5.85. The van der Waals surface area contributed by atoms with Crippen LogP contribution >= 0.6 is 0 Å². The van der Waals surface area contributed by atoms with E-state index in [1.165, 1.54) is 5.56 Å². The molecule has 3 nitrogen and oxygen atoms in total. The van der Waals surface area contributed by atoms with E-state index in [0.29, 0.717) is 23.3 Å². The van der Waals surface area contributed by atoms with Crippen LogP contribution in [0.25, 0.3) is 11.3 Å². The summed E-state index contributed by atoms with van der Waals surface area (Å²) in [5.74, 6) is -0.320. The number of benzene rings is 2. The molecule has 124 valence electrons. The molecular formula is C22H18O3. The zero-order chi connectivity index (χ0) is 17.6. The molecule has 0 saturated heterocycles. The molecule has 0 saturated carbocycles. The van der Waals surface area contributed by atoms with Gasteiger partial charge in [0, 0.05) is 16.7 Å². The summed E-state index contributed by atoms with van der Waals surface area (Å²) in [7, 11) is 0. The highest BCUT2D eigenvalue weighted by Crippen LogP contribution is 2.41. The van der Waals surface area contributed by atoms with Crippen molar-refractivity contribution in [2.45, 2.75) is 26.7 Å². The summed E-state index contributed by atoms with van der Waals surface area (Å²) in [5.41, 5.74) is 5.85. The Labute approximate surface area is 146 Å². The van der Waals surface area contributed by atoms with Gasteiger partial charge in [-0.1, -0.05) is 43.3 Å². The first kappa shape index (κ1) is 15.6. The highest BCUT2D eigenvalue weighted by atomic mass is 16.5. The molecule has 3 heteroatoms. The first-order valence-electron chi connectivity index (χ1n) is 8.47. The van der Waals surface area contributed by atoms with Gasteiger partial charge in [0.15, 0.2) is 0 Å². The average molecular weight is 330 g/mol. The highest BCUT2D eigenvalue weighted by molar-refractivity contribution is 6.52. The third kappa shape index (κ3) is 2.43. The van der Waals surface area contributed by atoms with Gasteiger partial charge in [-0.15, -0.1) is 0 Å². The maximum absolute atomic E-state index is 12.7. The van der Waals surface area contributed by atoms with E-state index in [0.717, 1.165) is 28.7 Å². The molecule has 0 N–H and O–H groups in total. The van der Waals surface area contributed by atoms with E-state index in [9.17, 15) is 9.59 Å². The molecule has 25 heavy (non-hydrogen) atoms. The van der Waals surface area contributed by atoms with Crippen LogP contribution in [0.5, 0.6) is 0 Å². The van der Waals surface area contributed by atoms with Crippen molar-refractivity contribution in [1.82, 2.24) is 0 Å². The number of allylic oxidation sites excluding steroid dienone is 2. The normalized spacial score (nSPS) is 15.7. The predicted molar refractivity (Wildman–Crippen MR) is 97.0 cm³/mol. The molecule has 0 amide bonds. The van der Waals surface area contributed by atoms with Gasteiger partial charge in [0.2, 0.25) is 11.6 Å². The zero-order valence-corrected chi connectivity index (χ0v) is 14.3. The Bertz CT molecular complexity index is 962. The molecular weight excluding hydrogens is 312 g/mol. The van der Waals surface area contributed by atoms with Crippen LogP contribution < -0.4 is 0 Å². The molecule has 0 spiro atoms. The van der Waals surface area contributed by atoms with Crippen LogP contribution in [0.3, 0.4) is 0 Å². The predicted octanol–water partition coefficient (Wildman–Crippen LogP) is 4.55. The van der Waals surface area contributed by atoms with Gasteiger partial charge in [-0.05, 0) is 48.1 Å². The highest BCUT2D eigenvalue weighted by Gasteiger charge is 2.36. The van der Waals surface area contributed by atoms with E-state index in [2.05, 4.69) is 18.2 Å². The first-order chi connectivity index (χ1) is 12.1. The lowest BCUT2D eigenvalue weighted by Crippen LogP contribution is -2.26. The molecule has 2 aromatic carbocycles. The molecule has 0 bridgehead atoms. The van der Waals surface area contributed by atoms with Gasteiger partial charge >= 0.3 is 0 Å². The SMILES string of the molecule is CCC1=C2OC=C(C)c3cc(Cc4ccccc4)cc(c32)C(=O)C1=O. The Morgan fingerprint density at radius 3 is 2.36 bits per heavy atom. The maximum Gasteiger partial charge on any atom is 0.234 e. The van der Waals surface area contributed by atoms with E-state index in [1.807, 2.05) is 38.1 Å². The van der Waals surface area contributed by atoms with E-state index in [1.54, 1.807) is 6.26 Å². The lowest BCUT2D eigenvalue weighted by atomic mass is 9.81. The number of carbonyl (C=O) groups is 2. The molecule has 0 atom stereocenters. The van der Waals surface area contributed by atoms with Gasteiger partial charge in [-0.2, -0.15) is 0 Å². The summed E-state index contributed by atoms with van der Waals surface area (Å²) in [6.07, 6.45) is 2.88.